The number of hydrogen-bond donors (Lipinski definition) is 8. The maximum absolute atomic E-state index is 13.8. The second-order valence-electron chi connectivity index (χ2n) is 13.1. The van der Waals surface area contributed by atoms with Crippen molar-refractivity contribution < 1.29 is 69.1 Å². The number of carboxylic acids is 1. The number of ether oxygens (including phenoxy) is 3. The molecule has 0 amide bonds. The highest BCUT2D eigenvalue weighted by molar-refractivity contribution is 6.06. The van der Waals surface area contributed by atoms with Gasteiger partial charge in [0.05, 0.1) is 6.61 Å². The first-order valence-electron chi connectivity index (χ1n) is 16.8. The first kappa shape index (κ1) is 38.7. The summed E-state index contributed by atoms with van der Waals surface area (Å²) in [7, 11) is 1.34. The summed E-state index contributed by atoms with van der Waals surface area (Å²) in [4.78, 5) is 53.7. The summed E-state index contributed by atoms with van der Waals surface area (Å²) in [5.74, 6) is -8.61. The van der Waals surface area contributed by atoms with Gasteiger partial charge in [-0.1, -0.05) is 37.3 Å². The van der Waals surface area contributed by atoms with Crippen molar-refractivity contribution in [3.05, 3.63) is 89.0 Å². The van der Waals surface area contributed by atoms with Gasteiger partial charge in [-0.25, -0.2) is 9.59 Å². The molecule has 1 aliphatic carbocycles. The van der Waals surface area contributed by atoms with Gasteiger partial charge in [0, 0.05) is 30.4 Å². The van der Waals surface area contributed by atoms with Gasteiger partial charge in [-0.15, -0.1) is 0 Å². The number of carbonyl (C=O) groups is 4. The van der Waals surface area contributed by atoms with E-state index < -0.39 is 94.6 Å². The summed E-state index contributed by atoms with van der Waals surface area (Å²) in [6.45, 7) is 1.70. The van der Waals surface area contributed by atoms with Crippen LogP contribution >= 0.6 is 0 Å². The number of esters is 2. The van der Waals surface area contributed by atoms with Crippen LogP contribution in [0.1, 0.15) is 53.2 Å². The topological polar surface area (TPSA) is 250 Å². The molecule has 6 atom stereocenters. The maximum Gasteiger partial charge on any atom is 0.336 e. The Morgan fingerprint density at radius 2 is 1.60 bits per heavy atom. The van der Waals surface area contributed by atoms with Crippen molar-refractivity contribution >= 4 is 29.8 Å². The minimum atomic E-state index is -2.70. The van der Waals surface area contributed by atoms with E-state index in [-0.39, 0.29) is 30.6 Å². The Morgan fingerprint density at radius 1 is 0.925 bits per heavy atom. The number of likely N-dealkylation sites (N-methyl/N-ethyl adjacent to an activating group) is 1. The van der Waals surface area contributed by atoms with Gasteiger partial charge in [-0.3, -0.25) is 14.9 Å². The molecule has 0 spiro atoms. The highest BCUT2D eigenvalue weighted by atomic mass is 16.6. The number of benzene rings is 3. The molecule has 2 fully saturated rings. The quantitative estimate of drug-likeness (QED) is 0.0332. The molecule has 15 nitrogen and oxygen atoms in total. The molecular formula is C38H41NO14. The maximum atomic E-state index is 13.8. The first-order chi connectivity index (χ1) is 25.1. The fourth-order valence-electron chi connectivity index (χ4n) is 7.12. The second kappa shape index (κ2) is 15.2. The molecule has 2 aliphatic rings. The standard InChI is InChI=1S/C38H41NO14/c1-3-21-5-4-6-23(15-21)16-25-34(52-33(46)19-28(42)24-9-11-27(41)30(44)18-24)38(53-32(45)12-8-22-7-10-26(40)29(43)17-22)31(20-36(25,49)35(47)48)51-14-13-37(38,50)39-2/h4-12,15,17-18,25,31,34,39-41,43-44,49-50H,3,13-14,16,19-20H2,1-2H3,(H,47,48). The molecule has 1 saturated carbocycles. The largest absolute Gasteiger partial charge is 0.504 e. The molecule has 0 radical (unpaired) electrons. The predicted octanol–water partition coefficient (Wildman–Crippen LogP) is 2.33. The Hall–Kier alpha value is -5.48. The van der Waals surface area contributed by atoms with Gasteiger partial charge in [0.2, 0.25) is 5.60 Å². The molecular weight excluding hydrogens is 694 g/mol. The number of aliphatic hydroxyl groups is 2. The highest BCUT2D eigenvalue weighted by Gasteiger charge is 2.75. The number of phenolic OH excluding ortho intramolecular Hbond substituents is 4. The fourth-order valence-corrected chi connectivity index (χ4v) is 7.12. The third-order valence-electron chi connectivity index (χ3n) is 9.99. The average Bonchev–Trinajstić information content (AvgIpc) is 3.12. The number of aryl methyl sites for hydroxylation is 1. The van der Waals surface area contributed by atoms with Crippen LogP contribution in [-0.2, 0) is 41.4 Å². The van der Waals surface area contributed by atoms with E-state index >= 15 is 0 Å². The van der Waals surface area contributed by atoms with Crippen molar-refractivity contribution in [2.24, 2.45) is 5.92 Å². The zero-order valence-electron chi connectivity index (χ0n) is 28.9. The predicted molar refractivity (Wildman–Crippen MR) is 185 cm³/mol. The lowest BCUT2D eigenvalue weighted by molar-refractivity contribution is -0.339. The Labute approximate surface area is 303 Å². The molecule has 1 heterocycles. The van der Waals surface area contributed by atoms with Gasteiger partial charge in [-0.05, 0) is 73.0 Å². The van der Waals surface area contributed by atoms with Gasteiger partial charge in [0.15, 0.2) is 46.2 Å². The van der Waals surface area contributed by atoms with Gasteiger partial charge in [0.1, 0.15) is 12.5 Å². The lowest BCUT2D eigenvalue weighted by Crippen LogP contribution is -2.83. The molecule has 1 aliphatic heterocycles. The number of ketones is 1. The molecule has 5 rings (SSSR count). The number of carbonyl (C=O) groups excluding carboxylic acids is 3. The number of phenols is 4. The monoisotopic (exact) mass is 735 g/mol. The summed E-state index contributed by atoms with van der Waals surface area (Å²) in [5.41, 5.74) is -5.97. The SMILES string of the molecule is CCc1cccc(CC2C(OC(=O)CC(=O)c3ccc(O)c(O)c3)C3(OC(=O)C=Cc4ccc(O)c(O)c4)C(CC2(O)C(=O)O)OCCC3(O)NC)c1. The fraction of sp³-hybridized carbons (Fsp3) is 0.368. The number of aromatic hydroxyl groups is 4. The van der Waals surface area contributed by atoms with Crippen LogP contribution in [0.3, 0.4) is 0 Å². The van der Waals surface area contributed by atoms with Crippen LogP contribution in [-0.4, -0.2) is 102 Å². The number of nitrogens with one attached hydrogen (secondary N) is 1. The van der Waals surface area contributed by atoms with E-state index in [1.807, 2.05) is 13.0 Å². The van der Waals surface area contributed by atoms with Crippen molar-refractivity contribution in [1.82, 2.24) is 5.32 Å². The summed E-state index contributed by atoms with van der Waals surface area (Å²) in [6.07, 6.45) is -3.09. The average molecular weight is 736 g/mol. The minimum absolute atomic E-state index is 0.173. The Morgan fingerprint density at radius 3 is 2.25 bits per heavy atom. The Bertz CT molecular complexity index is 1930. The van der Waals surface area contributed by atoms with Crippen LogP contribution in [0.5, 0.6) is 23.0 Å². The summed E-state index contributed by atoms with van der Waals surface area (Å²) < 4.78 is 18.0. The van der Waals surface area contributed by atoms with Crippen molar-refractivity contribution in [1.29, 1.82) is 0 Å². The van der Waals surface area contributed by atoms with Gasteiger partial charge < -0.3 is 50.0 Å². The van der Waals surface area contributed by atoms with Gasteiger partial charge in [0.25, 0.3) is 0 Å². The van der Waals surface area contributed by atoms with E-state index in [1.165, 1.54) is 25.3 Å². The summed E-state index contributed by atoms with van der Waals surface area (Å²) in [5, 5.41) is 76.8. The molecule has 8 N–H and O–H groups in total. The van der Waals surface area contributed by atoms with Crippen LogP contribution in [0.2, 0.25) is 0 Å². The van der Waals surface area contributed by atoms with Crippen LogP contribution in [0.4, 0.5) is 0 Å². The minimum Gasteiger partial charge on any atom is -0.504 e. The zero-order chi connectivity index (χ0) is 38.7. The van der Waals surface area contributed by atoms with E-state index in [1.54, 1.807) is 18.2 Å². The number of Topliss-reactive ketones (excluding diaryl/α,β-unsaturated/α-hetero) is 1. The third kappa shape index (κ3) is 7.55. The number of aliphatic carboxylic acids is 1. The molecule has 3 aromatic rings. The van der Waals surface area contributed by atoms with Crippen molar-refractivity contribution in [2.75, 3.05) is 13.7 Å². The molecule has 0 aromatic heterocycles. The third-order valence-corrected chi connectivity index (χ3v) is 9.99. The van der Waals surface area contributed by atoms with Gasteiger partial charge in [-0.2, -0.15) is 0 Å². The van der Waals surface area contributed by atoms with Crippen LogP contribution in [0.25, 0.3) is 6.08 Å². The Kier molecular flexibility index (Phi) is 11.1. The molecule has 282 valence electrons. The zero-order valence-corrected chi connectivity index (χ0v) is 28.9. The van der Waals surface area contributed by atoms with Gasteiger partial charge >= 0.3 is 17.9 Å². The van der Waals surface area contributed by atoms with Crippen molar-refractivity contribution in [2.45, 2.75) is 68.2 Å². The normalized spacial score (nSPS) is 26.8. The molecule has 53 heavy (non-hydrogen) atoms. The van der Waals surface area contributed by atoms with E-state index in [0.717, 1.165) is 35.9 Å². The van der Waals surface area contributed by atoms with E-state index in [2.05, 4.69) is 5.32 Å². The molecule has 0 bridgehead atoms. The molecule has 15 heteroatoms. The second-order valence-corrected chi connectivity index (χ2v) is 13.1. The summed E-state index contributed by atoms with van der Waals surface area (Å²) in [6, 6.07) is 13.9. The summed E-state index contributed by atoms with van der Waals surface area (Å²) >= 11 is 0. The van der Waals surface area contributed by atoms with Crippen LogP contribution in [0.15, 0.2) is 66.7 Å². The van der Waals surface area contributed by atoms with E-state index in [0.29, 0.717) is 12.0 Å². The van der Waals surface area contributed by atoms with Crippen molar-refractivity contribution in [3.63, 3.8) is 0 Å². The van der Waals surface area contributed by atoms with Crippen LogP contribution < -0.4 is 5.32 Å². The number of hydrogen-bond acceptors (Lipinski definition) is 14. The number of fused-ring (bicyclic) bond motifs is 1. The first-order valence-corrected chi connectivity index (χ1v) is 16.8. The lowest BCUT2D eigenvalue weighted by Gasteiger charge is -2.61. The Balaban J connectivity index is 1.64. The smallest absolute Gasteiger partial charge is 0.336 e. The molecule has 3 aromatic carbocycles. The van der Waals surface area contributed by atoms with E-state index in [4.69, 9.17) is 14.2 Å². The lowest BCUT2D eigenvalue weighted by atomic mass is 9.58. The number of rotatable bonds is 12. The molecule has 1 saturated heterocycles. The van der Waals surface area contributed by atoms with E-state index in [9.17, 15) is 54.9 Å². The number of carboxylic acid groups (broad SMARTS) is 1. The highest BCUT2D eigenvalue weighted by Crippen LogP contribution is 2.53. The van der Waals surface area contributed by atoms with Crippen LogP contribution in [0, 0.1) is 5.92 Å². The molecule has 6 unspecified atom stereocenters. The van der Waals surface area contributed by atoms with Crippen molar-refractivity contribution in [3.8, 4) is 23.0 Å².